The number of benzene rings is 4. The number of hydrogen-bond acceptors (Lipinski definition) is 5. The maximum Gasteiger partial charge on any atom is 0.167 e. The predicted molar refractivity (Wildman–Crippen MR) is 150 cm³/mol. The third-order valence-electron chi connectivity index (χ3n) is 6.86. The molecule has 0 aromatic heterocycles. The monoisotopic (exact) mass is 522 g/mol. The zero-order valence-corrected chi connectivity index (χ0v) is 21.9. The minimum absolute atomic E-state index is 0.0402. The summed E-state index contributed by atoms with van der Waals surface area (Å²) in [5, 5.41) is 0. The predicted octanol–water partition coefficient (Wildman–Crippen LogP) is 6.30. The van der Waals surface area contributed by atoms with Crippen LogP contribution in [0.25, 0.3) is 0 Å². The van der Waals surface area contributed by atoms with Crippen molar-refractivity contribution in [2.24, 2.45) is 0 Å². The van der Waals surface area contributed by atoms with E-state index in [2.05, 4.69) is 0 Å². The first-order valence-corrected chi connectivity index (χ1v) is 13.4. The Morgan fingerprint density at radius 1 is 0.462 bits per heavy atom. The molecule has 200 valence electrons. The molecule has 0 bridgehead atoms. The smallest absolute Gasteiger partial charge is 0.167 e. The first-order chi connectivity index (χ1) is 19.3. The fraction of sp³-hybridized carbons (Fsp3) is 0.265. The van der Waals surface area contributed by atoms with Gasteiger partial charge in [0.25, 0.3) is 0 Å². The third kappa shape index (κ3) is 7.71. The topological polar surface area (TPSA) is 54.0 Å². The number of ether oxygens (including phenoxy) is 4. The lowest BCUT2D eigenvalue weighted by molar-refractivity contribution is -0.210. The molecule has 4 aromatic rings. The summed E-state index contributed by atoms with van der Waals surface area (Å²) >= 11 is 0. The first-order valence-electron chi connectivity index (χ1n) is 13.4. The summed E-state index contributed by atoms with van der Waals surface area (Å²) < 4.78 is 25.6. The van der Waals surface area contributed by atoms with E-state index in [1.165, 1.54) is 0 Å². The lowest BCUT2D eigenvalue weighted by Gasteiger charge is -2.41. The summed E-state index contributed by atoms with van der Waals surface area (Å²) in [7, 11) is 0. The molecule has 4 aromatic carbocycles. The highest BCUT2D eigenvalue weighted by Gasteiger charge is 2.47. The van der Waals surface area contributed by atoms with Crippen molar-refractivity contribution in [1.29, 1.82) is 0 Å². The molecule has 5 rings (SSSR count). The maximum atomic E-state index is 13.5. The molecule has 1 aliphatic carbocycles. The lowest BCUT2D eigenvalue weighted by atomic mass is 9.87. The molecule has 5 nitrogen and oxygen atoms in total. The summed E-state index contributed by atoms with van der Waals surface area (Å²) in [5.41, 5.74) is 4.09. The van der Waals surface area contributed by atoms with Crippen LogP contribution in [0.15, 0.2) is 121 Å². The highest BCUT2D eigenvalue weighted by Crippen LogP contribution is 2.30. The molecule has 0 heterocycles. The largest absolute Gasteiger partial charge is 0.370 e. The fourth-order valence-corrected chi connectivity index (χ4v) is 4.79. The van der Waals surface area contributed by atoms with E-state index in [0.717, 1.165) is 22.3 Å². The Morgan fingerprint density at radius 2 is 0.821 bits per heavy atom. The van der Waals surface area contributed by atoms with E-state index in [4.69, 9.17) is 18.9 Å². The Balaban J connectivity index is 1.39. The molecule has 0 aliphatic heterocycles. The molecule has 5 heteroatoms. The quantitative estimate of drug-likeness (QED) is 0.219. The van der Waals surface area contributed by atoms with Crippen LogP contribution in [0.5, 0.6) is 0 Å². The van der Waals surface area contributed by atoms with Crippen molar-refractivity contribution in [1.82, 2.24) is 0 Å². The molecule has 0 saturated heterocycles. The third-order valence-corrected chi connectivity index (χ3v) is 6.86. The molecule has 0 N–H and O–H groups in total. The van der Waals surface area contributed by atoms with E-state index in [9.17, 15) is 4.79 Å². The SMILES string of the molecule is O=C1C[C@@H](OCc2ccccc2)[C@H](OCc2ccccc2)[C@@H](OCc2ccccc2)[C@@H]1OCc1ccccc1. The van der Waals surface area contributed by atoms with Crippen LogP contribution in [-0.4, -0.2) is 30.2 Å². The van der Waals surface area contributed by atoms with Crippen molar-refractivity contribution in [2.45, 2.75) is 57.3 Å². The van der Waals surface area contributed by atoms with E-state index in [1.807, 2.05) is 121 Å². The minimum Gasteiger partial charge on any atom is -0.370 e. The zero-order chi connectivity index (χ0) is 26.7. The number of carbonyl (C=O) groups excluding carboxylic acids is 1. The molecule has 1 aliphatic rings. The highest BCUT2D eigenvalue weighted by molar-refractivity contribution is 5.85. The van der Waals surface area contributed by atoms with Gasteiger partial charge in [0, 0.05) is 6.42 Å². The van der Waals surface area contributed by atoms with Crippen LogP contribution in [0, 0.1) is 0 Å². The van der Waals surface area contributed by atoms with Gasteiger partial charge in [-0.05, 0) is 22.3 Å². The summed E-state index contributed by atoms with van der Waals surface area (Å²) in [5.74, 6) is -0.0402. The molecule has 0 spiro atoms. The lowest BCUT2D eigenvalue weighted by Crippen LogP contribution is -2.57. The summed E-state index contributed by atoms with van der Waals surface area (Å²) in [6.45, 7) is 1.40. The van der Waals surface area contributed by atoms with Gasteiger partial charge in [0.15, 0.2) is 5.78 Å². The maximum absolute atomic E-state index is 13.5. The second-order valence-corrected chi connectivity index (χ2v) is 9.75. The van der Waals surface area contributed by atoms with Crippen molar-refractivity contribution >= 4 is 5.78 Å². The van der Waals surface area contributed by atoms with Crippen LogP contribution in [0.3, 0.4) is 0 Å². The van der Waals surface area contributed by atoms with Gasteiger partial charge in [0.1, 0.15) is 18.3 Å². The van der Waals surface area contributed by atoms with E-state index in [1.54, 1.807) is 0 Å². The van der Waals surface area contributed by atoms with E-state index in [0.29, 0.717) is 26.4 Å². The summed E-state index contributed by atoms with van der Waals surface area (Å²) in [6.07, 6.45) is -2.20. The van der Waals surface area contributed by atoms with E-state index in [-0.39, 0.29) is 12.2 Å². The van der Waals surface area contributed by atoms with Crippen molar-refractivity contribution in [2.75, 3.05) is 0 Å². The standard InChI is InChI=1S/C34H34O5/c35-30-21-31(36-22-26-13-5-1-6-14-26)33(38-24-28-17-9-3-10-18-28)34(39-25-29-19-11-4-12-20-29)32(30)37-23-27-15-7-2-8-16-27/h1-20,31-34H,21-25H2/t31-,32-,33+,34+/m1/s1. The Kier molecular flexibility index (Phi) is 9.66. The van der Waals surface area contributed by atoms with Crippen LogP contribution in [-0.2, 0) is 50.2 Å². The minimum atomic E-state index is -0.772. The van der Waals surface area contributed by atoms with Gasteiger partial charge in [-0.2, -0.15) is 0 Å². The molecule has 0 radical (unpaired) electrons. The summed E-state index contributed by atoms with van der Waals surface area (Å²) in [4.78, 5) is 13.5. The molecular formula is C34H34O5. The van der Waals surface area contributed by atoms with Crippen molar-refractivity contribution in [3.63, 3.8) is 0 Å². The number of ketones is 1. The molecule has 1 saturated carbocycles. The van der Waals surface area contributed by atoms with Crippen LogP contribution in [0.2, 0.25) is 0 Å². The Labute approximate surface area is 230 Å². The second kappa shape index (κ2) is 14.0. The molecular weight excluding hydrogens is 488 g/mol. The Morgan fingerprint density at radius 3 is 1.26 bits per heavy atom. The zero-order valence-electron chi connectivity index (χ0n) is 21.9. The Hall–Kier alpha value is -3.61. The molecule has 4 atom stereocenters. The van der Waals surface area contributed by atoms with Gasteiger partial charge in [-0.25, -0.2) is 0 Å². The number of carbonyl (C=O) groups is 1. The molecule has 0 amide bonds. The van der Waals surface area contributed by atoms with Crippen molar-refractivity contribution in [3.8, 4) is 0 Å². The molecule has 1 fully saturated rings. The van der Waals surface area contributed by atoms with Gasteiger partial charge in [-0.1, -0.05) is 121 Å². The van der Waals surface area contributed by atoms with Gasteiger partial charge >= 0.3 is 0 Å². The number of rotatable bonds is 12. The summed E-state index contributed by atoms with van der Waals surface area (Å²) in [6, 6.07) is 39.8. The van der Waals surface area contributed by atoms with E-state index >= 15 is 0 Å². The second-order valence-electron chi connectivity index (χ2n) is 9.75. The van der Waals surface area contributed by atoms with Crippen molar-refractivity contribution < 1.29 is 23.7 Å². The average Bonchev–Trinajstić information content (AvgIpc) is 3.00. The molecule has 39 heavy (non-hydrogen) atoms. The van der Waals surface area contributed by atoms with Crippen LogP contribution in [0.1, 0.15) is 28.7 Å². The van der Waals surface area contributed by atoms with Crippen LogP contribution in [0.4, 0.5) is 0 Å². The van der Waals surface area contributed by atoms with Gasteiger partial charge in [-0.15, -0.1) is 0 Å². The van der Waals surface area contributed by atoms with Gasteiger partial charge in [-0.3, -0.25) is 4.79 Å². The number of Topliss-reactive ketones (excluding diaryl/α,β-unsaturated/α-hetero) is 1. The van der Waals surface area contributed by atoms with Crippen LogP contribution >= 0.6 is 0 Å². The van der Waals surface area contributed by atoms with Crippen LogP contribution < -0.4 is 0 Å². The van der Waals surface area contributed by atoms with Crippen molar-refractivity contribution in [3.05, 3.63) is 144 Å². The molecule has 0 unspecified atom stereocenters. The Bertz CT molecular complexity index is 1260. The first kappa shape index (κ1) is 27.0. The normalized spacial score (nSPS) is 21.1. The van der Waals surface area contributed by atoms with E-state index < -0.39 is 24.4 Å². The van der Waals surface area contributed by atoms with Gasteiger partial charge in [0.05, 0.1) is 32.5 Å². The van der Waals surface area contributed by atoms with Gasteiger partial charge < -0.3 is 18.9 Å². The highest BCUT2D eigenvalue weighted by atomic mass is 16.6. The fourth-order valence-electron chi connectivity index (χ4n) is 4.79. The number of hydrogen-bond donors (Lipinski definition) is 0. The van der Waals surface area contributed by atoms with Gasteiger partial charge in [0.2, 0.25) is 0 Å². The average molecular weight is 523 g/mol.